The molecule has 1 aliphatic rings. The number of carbonyl (C=O) groups is 1. The summed E-state index contributed by atoms with van der Waals surface area (Å²) >= 11 is 0. The summed E-state index contributed by atoms with van der Waals surface area (Å²) in [4.78, 5) is 14.6. The Hall–Kier alpha value is -1.39. The van der Waals surface area contributed by atoms with Crippen molar-refractivity contribution in [2.24, 2.45) is 0 Å². The molecule has 4 nitrogen and oxygen atoms in total. The fourth-order valence-corrected chi connectivity index (χ4v) is 3.00. The Morgan fingerprint density at radius 2 is 1.82 bits per heavy atom. The average Bonchev–Trinajstić information content (AvgIpc) is 2.51. The molecule has 22 heavy (non-hydrogen) atoms. The zero-order valence-electron chi connectivity index (χ0n) is 14.1. The molecule has 0 bridgehead atoms. The van der Waals surface area contributed by atoms with Crippen LogP contribution in [0.15, 0.2) is 30.3 Å². The number of hydrogen-bond donors (Lipinski definition) is 1. The van der Waals surface area contributed by atoms with Crippen molar-refractivity contribution < 1.29 is 9.53 Å². The van der Waals surface area contributed by atoms with Crippen LogP contribution in [0, 0.1) is 0 Å². The zero-order chi connectivity index (χ0) is 16.1. The van der Waals surface area contributed by atoms with E-state index in [9.17, 15) is 4.79 Å². The van der Waals surface area contributed by atoms with Crippen LogP contribution in [0.4, 0.5) is 0 Å². The first-order chi connectivity index (χ1) is 10.5. The normalized spacial score (nSPS) is 25.5. The molecule has 1 aromatic carbocycles. The third-order valence-electron chi connectivity index (χ3n) is 4.33. The Labute approximate surface area is 133 Å². The molecule has 4 atom stereocenters. The predicted molar refractivity (Wildman–Crippen MR) is 88.9 cm³/mol. The van der Waals surface area contributed by atoms with Crippen LogP contribution in [-0.4, -0.2) is 48.7 Å². The van der Waals surface area contributed by atoms with Gasteiger partial charge in [0.25, 0.3) is 0 Å². The van der Waals surface area contributed by atoms with Crippen molar-refractivity contribution in [2.75, 3.05) is 19.6 Å². The summed E-state index contributed by atoms with van der Waals surface area (Å²) in [6, 6.07) is 10.2. The topological polar surface area (TPSA) is 41.6 Å². The minimum Gasteiger partial charge on any atom is -0.373 e. The van der Waals surface area contributed by atoms with Gasteiger partial charge in [-0.1, -0.05) is 37.3 Å². The second kappa shape index (κ2) is 7.75. The summed E-state index contributed by atoms with van der Waals surface area (Å²) in [7, 11) is 0. The van der Waals surface area contributed by atoms with Crippen molar-refractivity contribution in [1.82, 2.24) is 10.2 Å². The van der Waals surface area contributed by atoms with Crippen molar-refractivity contribution in [2.45, 2.75) is 51.9 Å². The van der Waals surface area contributed by atoms with E-state index >= 15 is 0 Å². The molecular formula is C18H28N2O2. The highest BCUT2D eigenvalue weighted by Gasteiger charge is 2.29. The largest absolute Gasteiger partial charge is 0.373 e. The standard InChI is InChI=1S/C18H28N2O2/c1-13(17-8-6-5-7-9-17)10-19-18(21)16(4)20-11-14(2)22-15(3)12-20/h5-9,13-16H,10-12H2,1-4H3,(H,19,21)/t13-,14-,15+,16+/m1/s1. The second-order valence-corrected chi connectivity index (χ2v) is 6.44. The molecular weight excluding hydrogens is 276 g/mol. The summed E-state index contributed by atoms with van der Waals surface area (Å²) in [6.07, 6.45) is 0.365. The third-order valence-corrected chi connectivity index (χ3v) is 4.33. The molecule has 1 fully saturated rings. The maximum atomic E-state index is 12.4. The number of amides is 1. The van der Waals surface area contributed by atoms with Gasteiger partial charge in [0.05, 0.1) is 18.2 Å². The van der Waals surface area contributed by atoms with Crippen LogP contribution >= 0.6 is 0 Å². The smallest absolute Gasteiger partial charge is 0.237 e. The van der Waals surface area contributed by atoms with Gasteiger partial charge < -0.3 is 10.1 Å². The van der Waals surface area contributed by atoms with Gasteiger partial charge in [0.1, 0.15) is 0 Å². The number of rotatable bonds is 5. The minimum absolute atomic E-state index is 0.101. The summed E-state index contributed by atoms with van der Waals surface area (Å²) in [6.45, 7) is 10.5. The molecule has 0 aliphatic carbocycles. The van der Waals surface area contributed by atoms with Crippen LogP contribution in [0.2, 0.25) is 0 Å². The van der Waals surface area contributed by atoms with E-state index in [1.54, 1.807) is 0 Å². The van der Waals surface area contributed by atoms with E-state index < -0.39 is 0 Å². The Morgan fingerprint density at radius 3 is 2.41 bits per heavy atom. The van der Waals surface area contributed by atoms with E-state index in [-0.39, 0.29) is 24.2 Å². The van der Waals surface area contributed by atoms with E-state index in [2.05, 4.69) is 43.1 Å². The van der Waals surface area contributed by atoms with E-state index in [0.717, 1.165) is 13.1 Å². The van der Waals surface area contributed by atoms with Gasteiger partial charge >= 0.3 is 0 Å². The maximum Gasteiger partial charge on any atom is 0.237 e. The van der Waals surface area contributed by atoms with Crippen LogP contribution in [0.3, 0.4) is 0 Å². The highest BCUT2D eigenvalue weighted by molar-refractivity contribution is 5.81. The van der Waals surface area contributed by atoms with Crippen molar-refractivity contribution in [3.63, 3.8) is 0 Å². The number of hydrogen-bond acceptors (Lipinski definition) is 3. The molecule has 1 N–H and O–H groups in total. The van der Waals surface area contributed by atoms with Gasteiger partial charge in [-0.2, -0.15) is 0 Å². The first-order valence-electron chi connectivity index (χ1n) is 8.19. The number of ether oxygens (including phenoxy) is 1. The SMILES string of the molecule is C[C@@H]1CN([C@@H](C)C(=O)NC[C@@H](C)c2ccccc2)C[C@H](C)O1. The molecule has 1 heterocycles. The Kier molecular flexibility index (Phi) is 5.98. The van der Waals surface area contributed by atoms with Gasteiger partial charge in [-0.15, -0.1) is 0 Å². The van der Waals surface area contributed by atoms with Crippen LogP contribution in [0.5, 0.6) is 0 Å². The maximum absolute atomic E-state index is 12.4. The Morgan fingerprint density at radius 1 is 1.23 bits per heavy atom. The van der Waals surface area contributed by atoms with Crippen molar-refractivity contribution in [3.05, 3.63) is 35.9 Å². The summed E-state index contributed by atoms with van der Waals surface area (Å²) in [5.41, 5.74) is 1.25. The first-order valence-corrected chi connectivity index (χ1v) is 8.19. The molecule has 0 radical (unpaired) electrons. The Balaban J connectivity index is 1.84. The fraction of sp³-hybridized carbons (Fsp3) is 0.611. The summed E-state index contributed by atoms with van der Waals surface area (Å²) in [5, 5.41) is 3.09. The van der Waals surface area contributed by atoms with Crippen LogP contribution in [0.25, 0.3) is 0 Å². The highest BCUT2D eigenvalue weighted by Crippen LogP contribution is 2.15. The average molecular weight is 304 g/mol. The molecule has 2 rings (SSSR count). The summed E-state index contributed by atoms with van der Waals surface area (Å²) in [5.74, 6) is 0.420. The van der Waals surface area contributed by atoms with Gasteiger partial charge in [0.2, 0.25) is 5.91 Å². The Bertz CT molecular complexity index is 467. The number of carbonyl (C=O) groups excluding carboxylic acids is 1. The molecule has 0 aromatic heterocycles. The van der Waals surface area contributed by atoms with Gasteiger partial charge in [-0.3, -0.25) is 9.69 Å². The monoisotopic (exact) mass is 304 g/mol. The quantitative estimate of drug-likeness (QED) is 0.908. The molecule has 0 spiro atoms. The lowest BCUT2D eigenvalue weighted by atomic mass is 10.0. The lowest BCUT2D eigenvalue weighted by Crippen LogP contribution is -2.54. The van der Waals surface area contributed by atoms with Gasteiger partial charge in [0.15, 0.2) is 0 Å². The predicted octanol–water partition coefficient (Wildman–Crippen LogP) is 2.40. The van der Waals surface area contributed by atoms with Crippen LogP contribution in [0.1, 0.15) is 39.2 Å². The van der Waals surface area contributed by atoms with E-state index in [1.807, 2.05) is 25.1 Å². The van der Waals surface area contributed by atoms with Crippen molar-refractivity contribution >= 4 is 5.91 Å². The molecule has 1 aromatic rings. The number of nitrogens with zero attached hydrogens (tertiary/aromatic N) is 1. The van der Waals surface area contributed by atoms with Crippen LogP contribution in [-0.2, 0) is 9.53 Å². The molecule has 1 amide bonds. The highest BCUT2D eigenvalue weighted by atomic mass is 16.5. The molecule has 122 valence electrons. The van der Waals surface area contributed by atoms with E-state index in [1.165, 1.54) is 5.56 Å². The molecule has 0 saturated carbocycles. The minimum atomic E-state index is -0.114. The summed E-state index contributed by atoms with van der Waals surface area (Å²) < 4.78 is 5.73. The lowest BCUT2D eigenvalue weighted by molar-refractivity contribution is -0.131. The fourth-order valence-electron chi connectivity index (χ4n) is 3.00. The molecule has 4 heteroatoms. The third kappa shape index (κ3) is 4.55. The molecule has 1 aliphatic heterocycles. The molecule has 1 saturated heterocycles. The van der Waals surface area contributed by atoms with E-state index in [0.29, 0.717) is 12.5 Å². The number of nitrogens with one attached hydrogen (secondary N) is 1. The van der Waals surface area contributed by atoms with E-state index in [4.69, 9.17) is 4.74 Å². The van der Waals surface area contributed by atoms with Crippen molar-refractivity contribution in [3.8, 4) is 0 Å². The second-order valence-electron chi connectivity index (χ2n) is 6.44. The first kappa shape index (κ1) is 17.0. The molecule has 0 unspecified atom stereocenters. The van der Waals surface area contributed by atoms with Gasteiger partial charge in [0, 0.05) is 19.6 Å². The lowest BCUT2D eigenvalue weighted by Gasteiger charge is -2.38. The van der Waals surface area contributed by atoms with Crippen molar-refractivity contribution in [1.29, 1.82) is 0 Å². The van der Waals surface area contributed by atoms with Gasteiger partial charge in [-0.25, -0.2) is 0 Å². The number of morpholine rings is 1. The van der Waals surface area contributed by atoms with Gasteiger partial charge in [-0.05, 0) is 32.3 Å². The zero-order valence-corrected chi connectivity index (χ0v) is 14.1. The van der Waals surface area contributed by atoms with Crippen LogP contribution < -0.4 is 5.32 Å². The number of benzene rings is 1.